The van der Waals surface area contributed by atoms with Crippen LogP contribution in [0.5, 0.6) is 0 Å². The molecule has 3 aromatic heterocycles. The first-order valence-corrected chi connectivity index (χ1v) is 8.10. The van der Waals surface area contributed by atoms with Crippen LogP contribution in [0, 0.1) is 0 Å². The number of anilines is 1. The zero-order chi connectivity index (χ0) is 15.4. The Morgan fingerprint density at radius 1 is 1.09 bits per heavy atom. The van der Waals surface area contributed by atoms with Crippen molar-refractivity contribution in [3.8, 4) is 11.1 Å². The lowest BCUT2D eigenvalue weighted by atomic mass is 10.2. The topological polar surface area (TPSA) is 63.3 Å². The molecule has 2 bridgehead atoms. The molecule has 0 amide bonds. The van der Waals surface area contributed by atoms with Crippen LogP contribution in [0.4, 0.5) is 5.82 Å². The highest BCUT2D eigenvalue weighted by atomic mass is 15.3. The van der Waals surface area contributed by atoms with Crippen molar-refractivity contribution in [3.05, 3.63) is 31.0 Å². The fraction of sp³-hybridized carbons (Fsp3) is 0.438. The summed E-state index contributed by atoms with van der Waals surface area (Å²) >= 11 is 0. The summed E-state index contributed by atoms with van der Waals surface area (Å²) in [5, 5.41) is 12.3. The summed E-state index contributed by atoms with van der Waals surface area (Å²) in [6, 6.07) is 3.35. The van der Waals surface area contributed by atoms with Crippen LogP contribution in [0.15, 0.2) is 31.0 Å². The molecule has 0 unspecified atom stereocenters. The molecule has 23 heavy (non-hydrogen) atoms. The van der Waals surface area contributed by atoms with Crippen molar-refractivity contribution in [2.45, 2.75) is 24.9 Å². The second kappa shape index (κ2) is 4.79. The summed E-state index contributed by atoms with van der Waals surface area (Å²) in [5.41, 5.74) is 3.29. The van der Waals surface area contributed by atoms with Gasteiger partial charge in [-0.1, -0.05) is 0 Å². The van der Waals surface area contributed by atoms with E-state index in [1.807, 2.05) is 34.8 Å². The number of piperazine rings is 1. The van der Waals surface area contributed by atoms with E-state index in [4.69, 9.17) is 0 Å². The van der Waals surface area contributed by atoms with E-state index < -0.39 is 0 Å². The minimum absolute atomic E-state index is 0.594. The number of hydrogen-bond donors (Lipinski definition) is 1. The van der Waals surface area contributed by atoms with Gasteiger partial charge in [0.05, 0.1) is 6.20 Å². The molecule has 0 radical (unpaired) electrons. The van der Waals surface area contributed by atoms with Crippen LogP contribution in [-0.4, -0.2) is 49.6 Å². The summed E-state index contributed by atoms with van der Waals surface area (Å²) in [6.07, 6.45) is 10.1. The standard InChI is InChI=1S/C16H19N7/c1-21-6-12(5-18-21)11-4-15-16(17-10-19-23(15)7-11)22-8-13-2-3-14(9-22)20-13/h4-7,10,13-14,20H,2-3,8-9H2,1H3/t13-,14+. The van der Waals surface area contributed by atoms with E-state index in [-0.39, 0.29) is 0 Å². The van der Waals surface area contributed by atoms with Gasteiger partial charge in [-0.25, -0.2) is 9.50 Å². The minimum Gasteiger partial charge on any atom is -0.352 e. The van der Waals surface area contributed by atoms with Crippen molar-refractivity contribution in [2.24, 2.45) is 7.05 Å². The van der Waals surface area contributed by atoms with E-state index in [1.54, 1.807) is 6.33 Å². The van der Waals surface area contributed by atoms with Crippen LogP contribution < -0.4 is 10.2 Å². The molecule has 5 heterocycles. The quantitative estimate of drug-likeness (QED) is 0.767. The van der Waals surface area contributed by atoms with Crippen LogP contribution in [-0.2, 0) is 7.05 Å². The molecule has 0 saturated carbocycles. The largest absolute Gasteiger partial charge is 0.352 e. The average molecular weight is 309 g/mol. The second-order valence-electron chi connectivity index (χ2n) is 6.59. The Hall–Kier alpha value is -2.41. The highest BCUT2D eigenvalue weighted by molar-refractivity contribution is 5.77. The van der Waals surface area contributed by atoms with Gasteiger partial charge in [0.15, 0.2) is 5.82 Å². The van der Waals surface area contributed by atoms with Crippen LogP contribution in [0.2, 0.25) is 0 Å². The third-order valence-corrected chi connectivity index (χ3v) is 4.94. The summed E-state index contributed by atoms with van der Waals surface area (Å²) in [5.74, 6) is 1.04. The maximum atomic E-state index is 4.58. The number of rotatable bonds is 2. The van der Waals surface area contributed by atoms with E-state index in [2.05, 4.69) is 31.5 Å². The predicted octanol–water partition coefficient (Wildman–Crippen LogP) is 1.07. The summed E-state index contributed by atoms with van der Waals surface area (Å²) < 4.78 is 3.74. The Bertz CT molecular complexity index is 852. The third-order valence-electron chi connectivity index (χ3n) is 4.94. The molecule has 0 aromatic carbocycles. The molecule has 2 aliphatic heterocycles. The SMILES string of the molecule is Cn1cc(-c2cc3c(N4C[C@H]5CC[C@@H](C4)N5)ncnn3c2)cn1. The van der Waals surface area contributed by atoms with Crippen LogP contribution >= 0.6 is 0 Å². The van der Waals surface area contributed by atoms with Crippen molar-refractivity contribution in [3.63, 3.8) is 0 Å². The summed E-state index contributed by atoms with van der Waals surface area (Å²) in [4.78, 5) is 6.99. The molecule has 7 heteroatoms. The van der Waals surface area contributed by atoms with E-state index >= 15 is 0 Å². The number of nitrogens with one attached hydrogen (secondary N) is 1. The van der Waals surface area contributed by atoms with Crippen molar-refractivity contribution in [2.75, 3.05) is 18.0 Å². The molecule has 2 fully saturated rings. The number of nitrogens with zero attached hydrogens (tertiary/aromatic N) is 6. The van der Waals surface area contributed by atoms with Gasteiger partial charge >= 0.3 is 0 Å². The van der Waals surface area contributed by atoms with Gasteiger partial charge in [0.1, 0.15) is 11.8 Å². The molecule has 0 spiro atoms. The molecule has 118 valence electrons. The highest BCUT2D eigenvalue weighted by Gasteiger charge is 2.33. The van der Waals surface area contributed by atoms with E-state index in [0.29, 0.717) is 12.1 Å². The van der Waals surface area contributed by atoms with Gasteiger partial charge in [0.25, 0.3) is 0 Å². The van der Waals surface area contributed by atoms with E-state index in [0.717, 1.165) is 35.6 Å². The first-order chi connectivity index (χ1) is 11.3. The number of hydrogen-bond acceptors (Lipinski definition) is 5. The molecule has 0 aliphatic carbocycles. The molecule has 2 atom stereocenters. The van der Waals surface area contributed by atoms with Crippen molar-refractivity contribution in [1.29, 1.82) is 0 Å². The molecular weight excluding hydrogens is 290 g/mol. The molecule has 2 aliphatic rings. The zero-order valence-electron chi connectivity index (χ0n) is 13.1. The fourth-order valence-corrected chi connectivity index (χ4v) is 3.86. The van der Waals surface area contributed by atoms with E-state index in [1.165, 1.54) is 12.8 Å². The Balaban J connectivity index is 1.58. The molecule has 3 aromatic rings. The summed E-state index contributed by atoms with van der Waals surface area (Å²) in [6.45, 7) is 2.05. The lowest BCUT2D eigenvalue weighted by molar-refractivity contribution is 0.463. The smallest absolute Gasteiger partial charge is 0.156 e. The second-order valence-corrected chi connectivity index (χ2v) is 6.59. The fourth-order valence-electron chi connectivity index (χ4n) is 3.86. The Morgan fingerprint density at radius 3 is 2.65 bits per heavy atom. The summed E-state index contributed by atoms with van der Waals surface area (Å²) in [7, 11) is 1.93. The van der Waals surface area contributed by atoms with Crippen molar-refractivity contribution in [1.82, 2.24) is 29.7 Å². The third kappa shape index (κ3) is 2.11. The lowest BCUT2D eigenvalue weighted by Crippen LogP contribution is -2.51. The molecule has 5 rings (SSSR count). The Morgan fingerprint density at radius 2 is 1.91 bits per heavy atom. The maximum Gasteiger partial charge on any atom is 0.156 e. The molecule has 2 saturated heterocycles. The predicted molar refractivity (Wildman–Crippen MR) is 87.3 cm³/mol. The molecule has 7 nitrogen and oxygen atoms in total. The first-order valence-electron chi connectivity index (χ1n) is 8.10. The maximum absolute atomic E-state index is 4.58. The normalized spacial score (nSPS) is 23.8. The Kier molecular flexibility index (Phi) is 2.72. The van der Waals surface area contributed by atoms with Crippen LogP contribution in [0.25, 0.3) is 16.6 Å². The van der Waals surface area contributed by atoms with Crippen molar-refractivity contribution >= 4 is 11.3 Å². The number of fused-ring (bicyclic) bond motifs is 3. The van der Waals surface area contributed by atoms with Gasteiger partial charge in [-0.15, -0.1) is 0 Å². The van der Waals surface area contributed by atoms with Gasteiger partial charge in [-0.2, -0.15) is 10.2 Å². The molecule has 1 N–H and O–H groups in total. The van der Waals surface area contributed by atoms with Gasteiger partial charge in [-0.3, -0.25) is 4.68 Å². The van der Waals surface area contributed by atoms with Crippen molar-refractivity contribution < 1.29 is 0 Å². The average Bonchev–Trinajstić information content (AvgIpc) is 3.25. The number of aryl methyl sites for hydroxylation is 1. The van der Waals surface area contributed by atoms with Gasteiger partial charge in [0.2, 0.25) is 0 Å². The van der Waals surface area contributed by atoms with Gasteiger partial charge in [0, 0.05) is 55.7 Å². The number of aromatic nitrogens is 5. The highest BCUT2D eigenvalue weighted by Crippen LogP contribution is 2.29. The lowest BCUT2D eigenvalue weighted by Gasteiger charge is -2.33. The molecular formula is C16H19N7. The van der Waals surface area contributed by atoms with Crippen LogP contribution in [0.1, 0.15) is 12.8 Å². The van der Waals surface area contributed by atoms with E-state index in [9.17, 15) is 0 Å². The first kappa shape index (κ1) is 13.1. The van der Waals surface area contributed by atoms with Gasteiger partial charge in [-0.05, 0) is 18.9 Å². The minimum atomic E-state index is 0.594. The van der Waals surface area contributed by atoms with Gasteiger partial charge < -0.3 is 10.2 Å². The van der Waals surface area contributed by atoms with Crippen LogP contribution in [0.3, 0.4) is 0 Å². The zero-order valence-corrected chi connectivity index (χ0v) is 13.1. The monoisotopic (exact) mass is 309 g/mol. The Labute approximate surface area is 133 Å².